The number of phenols is 1. The third kappa shape index (κ3) is 4.36. The highest BCUT2D eigenvalue weighted by Gasteiger charge is 2.35. The Morgan fingerprint density at radius 3 is 2.71 bits per heavy atom. The van der Waals surface area contributed by atoms with Crippen LogP contribution in [0.1, 0.15) is 23.6 Å². The molecule has 2 N–H and O–H groups in total. The monoisotopic (exact) mass is 449 g/mol. The smallest absolute Gasteiger partial charge is 0.343 e. The second-order valence-corrected chi connectivity index (χ2v) is 7.49. The molecule has 0 saturated heterocycles. The Balaban J connectivity index is 1.45. The number of para-hydroxylation sites is 2. The highest BCUT2D eigenvalue weighted by molar-refractivity contribution is 6.04. The van der Waals surface area contributed by atoms with Crippen molar-refractivity contribution in [1.82, 2.24) is 15.0 Å². The fraction of sp³-hybridized carbons (Fsp3) is 0.0769. The highest BCUT2D eigenvalue weighted by Crippen LogP contribution is 2.37. The zero-order valence-electron chi connectivity index (χ0n) is 17.9. The van der Waals surface area contributed by atoms with Crippen molar-refractivity contribution in [2.75, 3.05) is 5.32 Å². The van der Waals surface area contributed by atoms with E-state index in [0.717, 1.165) is 5.56 Å². The van der Waals surface area contributed by atoms with Gasteiger partial charge in [0.15, 0.2) is 0 Å². The van der Waals surface area contributed by atoms with Crippen LogP contribution in [0.25, 0.3) is 0 Å². The third-order valence-corrected chi connectivity index (χ3v) is 5.28. The maximum absolute atomic E-state index is 13.4. The molecule has 3 heterocycles. The van der Waals surface area contributed by atoms with Crippen LogP contribution in [0.2, 0.25) is 0 Å². The molecule has 0 fully saturated rings. The number of rotatable bonds is 5. The van der Waals surface area contributed by atoms with Crippen LogP contribution in [-0.4, -0.2) is 31.8 Å². The number of hydrogen-bond donors (Lipinski definition) is 2. The minimum Gasteiger partial charge on any atom is -0.508 e. The van der Waals surface area contributed by atoms with Gasteiger partial charge in [-0.15, -0.1) is 0 Å². The number of carbonyl (C=O) groups excluding carboxylic acids is 1. The maximum Gasteiger partial charge on any atom is 0.343 e. The van der Waals surface area contributed by atoms with Crippen molar-refractivity contribution in [3.63, 3.8) is 0 Å². The summed E-state index contributed by atoms with van der Waals surface area (Å²) in [6, 6.07) is 23.0. The number of hydrazone groups is 1. The number of hydrogen-bond acceptors (Lipinski definition) is 6. The molecule has 34 heavy (non-hydrogen) atoms. The number of nitrogens with one attached hydrogen (secondary N) is 1. The Hall–Kier alpha value is -4.90. The van der Waals surface area contributed by atoms with Gasteiger partial charge in [-0.05, 0) is 36.4 Å². The van der Waals surface area contributed by atoms with Crippen LogP contribution in [0.4, 0.5) is 10.5 Å². The molecule has 1 unspecified atom stereocenters. The van der Waals surface area contributed by atoms with Gasteiger partial charge in [-0.25, -0.2) is 19.8 Å². The Kier molecular flexibility index (Phi) is 5.74. The van der Waals surface area contributed by atoms with Crippen molar-refractivity contribution >= 4 is 17.4 Å². The van der Waals surface area contributed by atoms with E-state index >= 15 is 0 Å². The number of pyridine rings is 1. The standard InChI is InChI=1S/C26H19N5O3/c32-24-13-5-4-11-20(24)23-16-22(18-8-6-14-27-17-18)30-31(23)26(33)29-21-12-7-15-28-25(21)34-19-9-2-1-3-10-19/h1-5,7-13,15,17,23,32H,16H2,(H,29,33). The second-order valence-electron chi connectivity index (χ2n) is 7.49. The first-order valence-corrected chi connectivity index (χ1v) is 10.6. The first-order valence-electron chi connectivity index (χ1n) is 10.6. The molecule has 2 aromatic carbocycles. The molecule has 1 atom stereocenters. The van der Waals surface area contributed by atoms with Gasteiger partial charge in [0.2, 0.25) is 5.88 Å². The molecule has 5 rings (SSSR count). The van der Waals surface area contributed by atoms with Crippen LogP contribution in [0.5, 0.6) is 17.4 Å². The van der Waals surface area contributed by atoms with Crippen molar-refractivity contribution in [3.05, 3.63) is 109 Å². The molecule has 0 aliphatic carbocycles. The molecule has 2 amide bonds. The molecule has 0 saturated carbocycles. The number of ether oxygens (including phenoxy) is 1. The van der Waals surface area contributed by atoms with Crippen molar-refractivity contribution in [3.8, 4) is 17.4 Å². The van der Waals surface area contributed by atoms with Crippen molar-refractivity contribution in [1.29, 1.82) is 0 Å². The molecule has 166 valence electrons. The predicted molar refractivity (Wildman–Crippen MR) is 126 cm³/mol. The number of benzene rings is 2. The normalized spacial score (nSPS) is 14.8. The number of amides is 2. The zero-order chi connectivity index (χ0) is 23.3. The summed E-state index contributed by atoms with van der Waals surface area (Å²) in [6.45, 7) is 0. The number of carbonyl (C=O) groups is 1. The van der Waals surface area contributed by atoms with Gasteiger partial charge in [0, 0.05) is 42.2 Å². The van der Waals surface area contributed by atoms with E-state index in [1.807, 2.05) is 24.3 Å². The van der Waals surface area contributed by atoms with E-state index < -0.39 is 12.1 Å². The van der Waals surface area contributed by atoms with Crippen LogP contribution in [-0.2, 0) is 0 Å². The van der Waals surface area contributed by atoms with E-state index in [0.29, 0.717) is 29.1 Å². The largest absolute Gasteiger partial charge is 0.508 e. The van der Waals surface area contributed by atoms with Gasteiger partial charge in [0.25, 0.3) is 0 Å². The fourth-order valence-corrected chi connectivity index (χ4v) is 3.67. The fourth-order valence-electron chi connectivity index (χ4n) is 3.67. The lowest BCUT2D eigenvalue weighted by molar-refractivity contribution is 0.199. The van der Waals surface area contributed by atoms with Gasteiger partial charge < -0.3 is 15.2 Å². The molecule has 2 aromatic heterocycles. The maximum atomic E-state index is 13.4. The Morgan fingerprint density at radius 2 is 1.91 bits per heavy atom. The lowest BCUT2D eigenvalue weighted by atomic mass is 9.98. The van der Waals surface area contributed by atoms with Crippen molar-refractivity contribution < 1.29 is 14.6 Å². The average Bonchev–Trinajstić information content (AvgIpc) is 3.32. The predicted octanol–water partition coefficient (Wildman–Crippen LogP) is 4.96. The molecule has 4 aromatic rings. The quantitative estimate of drug-likeness (QED) is 0.449. The van der Waals surface area contributed by atoms with Crippen LogP contribution < -0.4 is 10.1 Å². The van der Waals surface area contributed by atoms with Crippen LogP contribution in [0.3, 0.4) is 0 Å². The molecule has 1 aliphatic heterocycles. The molecule has 1 aliphatic rings. The van der Waals surface area contributed by atoms with Crippen LogP contribution in [0, 0.1) is 12.3 Å². The lowest BCUT2D eigenvalue weighted by Gasteiger charge is -2.23. The van der Waals surface area contributed by atoms with Gasteiger partial charge in [0.05, 0.1) is 11.8 Å². The zero-order valence-corrected chi connectivity index (χ0v) is 17.9. The number of anilines is 1. The summed E-state index contributed by atoms with van der Waals surface area (Å²) in [5.41, 5.74) is 2.35. The number of urea groups is 1. The minimum absolute atomic E-state index is 0.0855. The molecule has 8 nitrogen and oxygen atoms in total. The Bertz CT molecular complexity index is 1330. The highest BCUT2D eigenvalue weighted by atomic mass is 16.5. The second kappa shape index (κ2) is 9.30. The molecule has 0 radical (unpaired) electrons. The van der Waals surface area contributed by atoms with E-state index in [2.05, 4.69) is 32.6 Å². The Labute approximate surface area is 196 Å². The summed E-state index contributed by atoms with van der Waals surface area (Å²) in [7, 11) is 0. The minimum atomic E-state index is -0.518. The summed E-state index contributed by atoms with van der Waals surface area (Å²) in [5, 5.41) is 19.2. The van der Waals surface area contributed by atoms with Crippen LogP contribution >= 0.6 is 0 Å². The number of nitrogens with zero attached hydrogens (tertiary/aromatic N) is 4. The summed E-state index contributed by atoms with van der Waals surface area (Å²) < 4.78 is 5.86. The summed E-state index contributed by atoms with van der Waals surface area (Å²) >= 11 is 0. The SMILES string of the molecule is O=C(Nc1cccnc1Oc1ccccc1)N1N=C(c2cc#cnc2)CC1c1ccccc1O. The number of aromatic nitrogens is 2. The number of aromatic hydroxyl groups is 1. The summed E-state index contributed by atoms with van der Waals surface area (Å²) in [6.07, 6.45) is 6.21. The lowest BCUT2D eigenvalue weighted by Crippen LogP contribution is -2.31. The summed E-state index contributed by atoms with van der Waals surface area (Å²) in [5.74, 6) is 0.930. The first-order chi connectivity index (χ1) is 16.7. The number of phenolic OH excluding ortho intramolecular Hbond substituents is 1. The van der Waals surface area contributed by atoms with Gasteiger partial charge in [-0.1, -0.05) is 36.4 Å². The van der Waals surface area contributed by atoms with E-state index in [9.17, 15) is 9.90 Å². The van der Waals surface area contributed by atoms with Crippen LogP contribution in [0.15, 0.2) is 90.3 Å². The molecule has 8 heteroatoms. The Morgan fingerprint density at radius 1 is 1.09 bits per heavy atom. The van der Waals surface area contributed by atoms with E-state index in [1.165, 1.54) is 5.01 Å². The van der Waals surface area contributed by atoms with Gasteiger partial charge in [0.1, 0.15) is 17.2 Å². The van der Waals surface area contributed by atoms with E-state index in [-0.39, 0.29) is 11.6 Å². The molecule has 0 spiro atoms. The third-order valence-electron chi connectivity index (χ3n) is 5.28. The van der Waals surface area contributed by atoms with Gasteiger partial charge in [-0.2, -0.15) is 5.10 Å². The first kappa shape index (κ1) is 21.0. The molecular formula is C26H19N5O3. The van der Waals surface area contributed by atoms with Gasteiger partial charge >= 0.3 is 6.03 Å². The van der Waals surface area contributed by atoms with Gasteiger partial charge in [-0.3, -0.25) is 0 Å². The average molecular weight is 449 g/mol. The van der Waals surface area contributed by atoms with E-state index in [1.54, 1.807) is 60.9 Å². The van der Waals surface area contributed by atoms with E-state index in [4.69, 9.17) is 4.74 Å². The topological polar surface area (TPSA) is 99.9 Å². The summed E-state index contributed by atoms with van der Waals surface area (Å²) in [4.78, 5) is 21.6. The molecular weight excluding hydrogens is 430 g/mol. The van der Waals surface area contributed by atoms with Crippen molar-refractivity contribution in [2.45, 2.75) is 12.5 Å². The molecule has 0 bridgehead atoms. The van der Waals surface area contributed by atoms with Crippen molar-refractivity contribution in [2.24, 2.45) is 5.10 Å².